The normalized spacial score (nSPS) is 12.6. The third-order valence-electron chi connectivity index (χ3n) is 2.51. The van der Waals surface area contributed by atoms with Crippen LogP contribution >= 0.6 is 0 Å². The molecule has 0 radical (unpaired) electrons. The summed E-state index contributed by atoms with van der Waals surface area (Å²) in [6, 6.07) is 0.237. The zero-order valence-corrected chi connectivity index (χ0v) is 11.3. The van der Waals surface area contributed by atoms with E-state index in [9.17, 15) is 4.79 Å². The number of rotatable bonds is 9. The minimum atomic E-state index is -0.0685. The maximum absolute atomic E-state index is 12.0. The number of carbonyl (C=O) groups is 1. The third kappa shape index (κ3) is 7.77. The molecule has 1 atom stereocenters. The summed E-state index contributed by atoms with van der Waals surface area (Å²) in [6.07, 6.45) is 2.56. The van der Waals surface area contributed by atoms with Crippen molar-refractivity contribution >= 4 is 5.78 Å². The molecule has 0 aromatic heterocycles. The fourth-order valence-electron chi connectivity index (χ4n) is 1.69. The number of azide groups is 1. The first-order valence-corrected chi connectivity index (χ1v) is 6.29. The van der Waals surface area contributed by atoms with Crippen LogP contribution in [0.5, 0.6) is 0 Å². The minimum Gasteiger partial charge on any atom is -0.305 e. The van der Waals surface area contributed by atoms with Crippen molar-refractivity contribution < 1.29 is 4.79 Å². The van der Waals surface area contributed by atoms with Crippen LogP contribution in [0.4, 0.5) is 0 Å². The van der Waals surface area contributed by atoms with Crippen molar-refractivity contribution in [2.75, 3.05) is 6.54 Å². The Labute approximate surface area is 104 Å². The van der Waals surface area contributed by atoms with Gasteiger partial charge < -0.3 is 5.32 Å². The molecule has 0 aliphatic rings. The Morgan fingerprint density at radius 2 is 1.94 bits per heavy atom. The maximum atomic E-state index is 12.0. The molecule has 0 spiro atoms. The number of unbranched alkanes of at least 4 members (excludes halogenated alkanes) is 1. The second-order valence-corrected chi connectivity index (χ2v) is 4.88. The van der Waals surface area contributed by atoms with Crippen LogP contribution in [0.3, 0.4) is 0 Å². The first-order chi connectivity index (χ1) is 7.99. The molecular formula is C12H24N4O. The fourth-order valence-corrected chi connectivity index (χ4v) is 1.69. The summed E-state index contributed by atoms with van der Waals surface area (Å²) >= 11 is 0. The summed E-state index contributed by atoms with van der Waals surface area (Å²) in [5.74, 6) is 0.325. The van der Waals surface area contributed by atoms with E-state index < -0.39 is 0 Å². The lowest BCUT2D eigenvalue weighted by Gasteiger charge is -2.21. The average molecular weight is 240 g/mol. The molecule has 0 saturated heterocycles. The Bertz CT molecular complexity index is 270. The number of hydrogen-bond donors (Lipinski definition) is 1. The number of nitrogens with one attached hydrogen (secondary N) is 1. The summed E-state index contributed by atoms with van der Waals surface area (Å²) < 4.78 is 0. The summed E-state index contributed by atoms with van der Waals surface area (Å²) in [7, 11) is 0. The van der Waals surface area contributed by atoms with Gasteiger partial charge in [-0.05, 0) is 18.4 Å². The van der Waals surface area contributed by atoms with Gasteiger partial charge in [0.2, 0.25) is 0 Å². The smallest absolute Gasteiger partial charge is 0.152 e. The lowest BCUT2D eigenvalue weighted by Crippen LogP contribution is -2.42. The highest BCUT2D eigenvalue weighted by Gasteiger charge is 2.20. The number of ketones is 1. The summed E-state index contributed by atoms with van der Waals surface area (Å²) in [6.45, 7) is 8.45. The van der Waals surface area contributed by atoms with Crippen LogP contribution in [0.1, 0.15) is 47.0 Å². The van der Waals surface area contributed by atoms with Crippen molar-refractivity contribution in [1.82, 2.24) is 5.32 Å². The van der Waals surface area contributed by atoms with Gasteiger partial charge in [0.15, 0.2) is 5.78 Å². The zero-order valence-electron chi connectivity index (χ0n) is 11.3. The van der Waals surface area contributed by atoms with E-state index in [1.807, 2.05) is 27.7 Å². The lowest BCUT2D eigenvalue weighted by molar-refractivity contribution is -0.124. The molecule has 0 aromatic rings. The molecule has 17 heavy (non-hydrogen) atoms. The third-order valence-corrected chi connectivity index (χ3v) is 2.51. The molecule has 0 aromatic carbocycles. The Morgan fingerprint density at radius 1 is 1.29 bits per heavy atom. The topological polar surface area (TPSA) is 77.9 Å². The fraction of sp³-hybridized carbons (Fsp3) is 0.917. The van der Waals surface area contributed by atoms with Gasteiger partial charge in [0.05, 0.1) is 6.04 Å². The molecule has 0 fully saturated rings. The average Bonchev–Trinajstić information content (AvgIpc) is 2.25. The van der Waals surface area contributed by atoms with E-state index in [0.29, 0.717) is 12.6 Å². The molecule has 5 nitrogen and oxygen atoms in total. The number of carbonyl (C=O) groups excluding carboxylic acids is 1. The van der Waals surface area contributed by atoms with E-state index in [4.69, 9.17) is 5.53 Å². The van der Waals surface area contributed by atoms with Gasteiger partial charge in [0.25, 0.3) is 0 Å². The molecule has 0 aliphatic heterocycles. The highest BCUT2D eigenvalue weighted by molar-refractivity contribution is 5.85. The van der Waals surface area contributed by atoms with Crippen molar-refractivity contribution in [2.45, 2.75) is 59.0 Å². The SMILES string of the molecule is CC(C)N[C@@H](CCCCN=[N+]=[N-])C(=O)C(C)C. The van der Waals surface area contributed by atoms with Gasteiger partial charge in [-0.1, -0.05) is 39.2 Å². The zero-order chi connectivity index (χ0) is 13.3. The van der Waals surface area contributed by atoms with Crippen LogP contribution in [0.15, 0.2) is 5.11 Å². The first kappa shape index (κ1) is 15.9. The van der Waals surface area contributed by atoms with Crippen LogP contribution < -0.4 is 5.32 Å². The monoisotopic (exact) mass is 240 g/mol. The van der Waals surface area contributed by atoms with E-state index in [1.165, 1.54) is 0 Å². The largest absolute Gasteiger partial charge is 0.305 e. The van der Waals surface area contributed by atoms with E-state index in [-0.39, 0.29) is 17.7 Å². The van der Waals surface area contributed by atoms with Gasteiger partial charge in [-0.25, -0.2) is 0 Å². The molecule has 0 aliphatic carbocycles. The second kappa shape index (κ2) is 9.02. The Kier molecular flexibility index (Phi) is 8.46. The molecule has 0 heterocycles. The van der Waals surface area contributed by atoms with Crippen LogP contribution in [0.25, 0.3) is 10.4 Å². The Morgan fingerprint density at radius 3 is 2.41 bits per heavy atom. The summed E-state index contributed by atoms with van der Waals surface area (Å²) in [5, 5.41) is 6.78. The van der Waals surface area contributed by atoms with E-state index >= 15 is 0 Å². The maximum Gasteiger partial charge on any atom is 0.152 e. The van der Waals surface area contributed by atoms with Crippen molar-refractivity contribution in [2.24, 2.45) is 11.0 Å². The molecule has 98 valence electrons. The number of hydrogen-bond acceptors (Lipinski definition) is 3. The van der Waals surface area contributed by atoms with Gasteiger partial charge in [-0.2, -0.15) is 0 Å². The van der Waals surface area contributed by atoms with Gasteiger partial charge in [0, 0.05) is 23.4 Å². The molecule has 0 unspecified atom stereocenters. The van der Waals surface area contributed by atoms with Crippen LogP contribution in [0.2, 0.25) is 0 Å². The second-order valence-electron chi connectivity index (χ2n) is 4.88. The predicted molar refractivity (Wildman–Crippen MR) is 69.8 cm³/mol. The van der Waals surface area contributed by atoms with Gasteiger partial charge >= 0.3 is 0 Å². The predicted octanol–water partition coefficient (Wildman–Crippen LogP) is 3.06. The highest BCUT2D eigenvalue weighted by Crippen LogP contribution is 2.09. The van der Waals surface area contributed by atoms with Crippen molar-refractivity contribution in [3.8, 4) is 0 Å². The molecule has 0 amide bonds. The molecule has 5 heteroatoms. The quantitative estimate of drug-likeness (QED) is 0.291. The summed E-state index contributed by atoms with van der Waals surface area (Å²) in [5.41, 5.74) is 8.15. The Balaban J connectivity index is 4.10. The van der Waals surface area contributed by atoms with E-state index in [2.05, 4.69) is 15.3 Å². The molecule has 1 N–H and O–H groups in total. The van der Waals surface area contributed by atoms with E-state index in [0.717, 1.165) is 19.3 Å². The van der Waals surface area contributed by atoms with Crippen LogP contribution in [-0.4, -0.2) is 24.4 Å². The molecule has 0 bridgehead atoms. The van der Waals surface area contributed by atoms with Gasteiger partial charge in [-0.3, -0.25) is 4.79 Å². The first-order valence-electron chi connectivity index (χ1n) is 6.29. The van der Waals surface area contributed by atoms with Gasteiger partial charge in [0.1, 0.15) is 0 Å². The van der Waals surface area contributed by atoms with Crippen molar-refractivity contribution in [1.29, 1.82) is 0 Å². The highest BCUT2D eigenvalue weighted by atomic mass is 16.1. The standard InChI is InChI=1S/C12H24N4O/c1-9(2)12(17)11(15-10(3)4)7-5-6-8-14-16-13/h9-11,15H,5-8H2,1-4H3/t11-/m0/s1. The number of Topliss-reactive ketones (excluding diaryl/α,β-unsaturated/α-hetero) is 1. The van der Waals surface area contributed by atoms with Crippen molar-refractivity contribution in [3.05, 3.63) is 10.4 Å². The molecular weight excluding hydrogens is 216 g/mol. The van der Waals surface area contributed by atoms with Crippen molar-refractivity contribution in [3.63, 3.8) is 0 Å². The van der Waals surface area contributed by atoms with Crippen LogP contribution in [-0.2, 0) is 4.79 Å². The Hall–Kier alpha value is -1.06. The van der Waals surface area contributed by atoms with Gasteiger partial charge in [-0.15, -0.1) is 0 Å². The molecule has 0 rings (SSSR count). The van der Waals surface area contributed by atoms with E-state index in [1.54, 1.807) is 0 Å². The van der Waals surface area contributed by atoms with Crippen LogP contribution in [0, 0.1) is 5.92 Å². The summed E-state index contributed by atoms with van der Waals surface area (Å²) in [4.78, 5) is 14.7. The minimum absolute atomic E-state index is 0.0587. The lowest BCUT2D eigenvalue weighted by atomic mass is 9.96. The number of nitrogens with zero attached hydrogens (tertiary/aromatic N) is 3. The molecule has 0 saturated carbocycles.